The fourth-order valence-electron chi connectivity index (χ4n) is 3.97. The first-order chi connectivity index (χ1) is 14.5. The van der Waals surface area contributed by atoms with Gasteiger partial charge in [-0.25, -0.2) is 8.42 Å². The third-order valence-electron chi connectivity index (χ3n) is 5.70. The van der Waals surface area contributed by atoms with Crippen molar-refractivity contribution in [3.05, 3.63) is 82.0 Å². The van der Waals surface area contributed by atoms with Crippen molar-refractivity contribution in [2.45, 2.75) is 36.7 Å². The summed E-state index contributed by atoms with van der Waals surface area (Å²) >= 11 is 1.61. The largest absolute Gasteiger partial charge is 0.331 e. The lowest BCUT2D eigenvalue weighted by molar-refractivity contribution is 0.0730. The van der Waals surface area contributed by atoms with E-state index in [9.17, 15) is 13.2 Å². The number of hydrogen-bond donors (Lipinski definition) is 0. The molecule has 1 aromatic heterocycles. The molecule has 0 saturated heterocycles. The van der Waals surface area contributed by atoms with Crippen LogP contribution in [0.1, 0.15) is 34.3 Å². The average molecular weight is 439 g/mol. The van der Waals surface area contributed by atoms with Crippen LogP contribution in [-0.4, -0.2) is 31.8 Å². The molecule has 1 aliphatic carbocycles. The van der Waals surface area contributed by atoms with Gasteiger partial charge in [-0.05, 0) is 71.5 Å². The van der Waals surface area contributed by atoms with E-state index in [4.69, 9.17) is 0 Å². The summed E-state index contributed by atoms with van der Waals surface area (Å²) in [6.07, 6.45) is 2.70. The zero-order valence-corrected chi connectivity index (χ0v) is 18.0. The number of sulfonamides is 1. The van der Waals surface area contributed by atoms with E-state index in [1.165, 1.54) is 10.4 Å². The van der Waals surface area contributed by atoms with Crippen molar-refractivity contribution < 1.29 is 13.2 Å². The first-order valence-corrected chi connectivity index (χ1v) is 12.4. The molecule has 0 spiro atoms. The summed E-state index contributed by atoms with van der Waals surface area (Å²) in [6.45, 7) is 0.982. The van der Waals surface area contributed by atoms with Crippen LogP contribution in [-0.2, 0) is 23.0 Å². The number of carbonyl (C=O) groups is 1. The van der Waals surface area contributed by atoms with Crippen LogP contribution < -0.4 is 4.31 Å². The molecule has 2 aromatic carbocycles. The number of amides is 1. The number of hydrogen-bond acceptors (Lipinski definition) is 4. The number of para-hydroxylation sites is 1. The van der Waals surface area contributed by atoms with Gasteiger partial charge in [-0.3, -0.25) is 9.10 Å². The van der Waals surface area contributed by atoms with Crippen molar-refractivity contribution in [2.75, 3.05) is 10.8 Å². The molecule has 0 radical (unpaired) electrons. The van der Waals surface area contributed by atoms with Crippen LogP contribution in [0.4, 0.5) is 5.69 Å². The lowest BCUT2D eigenvalue weighted by Gasteiger charge is -2.23. The van der Waals surface area contributed by atoms with Crippen LogP contribution in [0.3, 0.4) is 0 Å². The Morgan fingerprint density at radius 1 is 1.10 bits per heavy atom. The highest BCUT2D eigenvalue weighted by Crippen LogP contribution is 2.34. The Hall–Kier alpha value is -2.64. The van der Waals surface area contributed by atoms with Crippen molar-refractivity contribution in [1.82, 2.24) is 4.90 Å². The van der Waals surface area contributed by atoms with Gasteiger partial charge in [0.05, 0.1) is 10.6 Å². The maximum atomic E-state index is 13.3. The summed E-state index contributed by atoms with van der Waals surface area (Å²) in [5.74, 6) is -0.109. The van der Waals surface area contributed by atoms with Gasteiger partial charge in [0, 0.05) is 24.7 Å². The molecule has 154 valence electrons. The van der Waals surface area contributed by atoms with Gasteiger partial charge in [0.1, 0.15) is 0 Å². The van der Waals surface area contributed by atoms with Crippen molar-refractivity contribution >= 4 is 33.0 Å². The van der Waals surface area contributed by atoms with E-state index >= 15 is 0 Å². The SMILES string of the molecule is O=C(c1cccc(S(=O)(=O)N2CCc3ccccc32)c1)N(Cc1ccsc1)C1CC1. The molecule has 0 unspecified atom stereocenters. The van der Waals surface area contributed by atoms with E-state index in [0.29, 0.717) is 25.1 Å². The van der Waals surface area contributed by atoms with Crippen LogP contribution in [0.5, 0.6) is 0 Å². The Labute approximate surface area is 180 Å². The molecular formula is C23H22N2O3S2. The van der Waals surface area contributed by atoms with Gasteiger partial charge in [0.2, 0.25) is 0 Å². The van der Waals surface area contributed by atoms with Crippen LogP contribution in [0.15, 0.2) is 70.3 Å². The molecule has 5 nitrogen and oxygen atoms in total. The molecule has 3 aromatic rings. The summed E-state index contributed by atoms with van der Waals surface area (Å²) < 4.78 is 28.1. The number of thiophene rings is 1. The van der Waals surface area contributed by atoms with Crippen molar-refractivity contribution in [1.29, 1.82) is 0 Å². The van der Waals surface area contributed by atoms with Crippen molar-refractivity contribution in [2.24, 2.45) is 0 Å². The highest BCUT2D eigenvalue weighted by Gasteiger charge is 2.34. The molecule has 7 heteroatoms. The number of benzene rings is 2. The molecule has 0 atom stereocenters. The third-order valence-corrected chi connectivity index (χ3v) is 8.24. The average Bonchev–Trinajstić information content (AvgIpc) is 3.29. The van der Waals surface area contributed by atoms with E-state index in [2.05, 4.69) is 0 Å². The predicted octanol–water partition coefficient (Wildman–Crippen LogP) is 4.30. The second kappa shape index (κ2) is 7.56. The number of nitrogens with zero attached hydrogens (tertiary/aromatic N) is 2. The van der Waals surface area contributed by atoms with E-state index in [1.807, 2.05) is 46.0 Å². The molecule has 5 rings (SSSR count). The minimum absolute atomic E-state index is 0.109. The van der Waals surface area contributed by atoms with Gasteiger partial charge in [-0.1, -0.05) is 24.3 Å². The maximum absolute atomic E-state index is 13.3. The van der Waals surface area contributed by atoms with Crippen molar-refractivity contribution in [3.8, 4) is 0 Å². The summed E-state index contributed by atoms with van der Waals surface area (Å²) in [7, 11) is -3.72. The number of carbonyl (C=O) groups excluding carboxylic acids is 1. The van der Waals surface area contributed by atoms with E-state index in [-0.39, 0.29) is 16.8 Å². The van der Waals surface area contributed by atoms with Crippen LogP contribution in [0, 0.1) is 0 Å². The molecule has 1 aliphatic heterocycles. The topological polar surface area (TPSA) is 57.7 Å². The smallest absolute Gasteiger partial charge is 0.264 e. The Balaban J connectivity index is 1.44. The zero-order valence-electron chi connectivity index (χ0n) is 16.4. The highest BCUT2D eigenvalue weighted by atomic mass is 32.2. The molecule has 2 heterocycles. The van der Waals surface area contributed by atoms with Crippen molar-refractivity contribution in [3.63, 3.8) is 0 Å². The van der Waals surface area contributed by atoms with Gasteiger partial charge in [0.15, 0.2) is 0 Å². The predicted molar refractivity (Wildman–Crippen MR) is 118 cm³/mol. The summed E-state index contributed by atoms with van der Waals surface area (Å²) in [4.78, 5) is 15.3. The third kappa shape index (κ3) is 3.52. The Kier molecular flexibility index (Phi) is 4.87. The minimum atomic E-state index is -3.72. The molecule has 1 saturated carbocycles. The standard InChI is InChI=1S/C23H22N2O3S2/c26-23(24(20-8-9-20)15-17-11-13-29-16-17)19-5-3-6-21(14-19)30(27,28)25-12-10-18-4-1-2-7-22(18)25/h1-7,11,13-14,16,20H,8-10,12,15H2. The Morgan fingerprint density at radius 3 is 2.70 bits per heavy atom. The van der Waals surface area contributed by atoms with Gasteiger partial charge in [-0.15, -0.1) is 0 Å². The molecule has 1 fully saturated rings. The number of fused-ring (bicyclic) bond motifs is 1. The number of rotatable bonds is 6. The quantitative estimate of drug-likeness (QED) is 0.576. The summed E-state index contributed by atoms with van der Waals surface area (Å²) in [5.41, 5.74) is 3.29. The highest BCUT2D eigenvalue weighted by molar-refractivity contribution is 7.92. The lowest BCUT2D eigenvalue weighted by Crippen LogP contribution is -2.33. The van der Waals surface area contributed by atoms with Crippen LogP contribution >= 0.6 is 11.3 Å². The summed E-state index contributed by atoms with van der Waals surface area (Å²) in [6, 6.07) is 16.3. The van der Waals surface area contributed by atoms with Gasteiger partial charge >= 0.3 is 0 Å². The van der Waals surface area contributed by atoms with Gasteiger partial charge in [0.25, 0.3) is 15.9 Å². The molecular weight excluding hydrogens is 416 g/mol. The van der Waals surface area contributed by atoms with Gasteiger partial charge < -0.3 is 4.90 Å². The molecule has 0 N–H and O–H groups in total. The first kappa shape index (κ1) is 19.3. The van der Waals surface area contributed by atoms with E-state index in [0.717, 1.165) is 29.7 Å². The number of anilines is 1. The fourth-order valence-corrected chi connectivity index (χ4v) is 6.18. The van der Waals surface area contributed by atoms with Crippen LogP contribution in [0.2, 0.25) is 0 Å². The second-order valence-electron chi connectivity index (χ2n) is 7.78. The molecule has 0 bridgehead atoms. The van der Waals surface area contributed by atoms with Crippen LogP contribution in [0.25, 0.3) is 0 Å². The first-order valence-electron chi connectivity index (χ1n) is 10.1. The molecule has 30 heavy (non-hydrogen) atoms. The minimum Gasteiger partial charge on any atom is -0.331 e. The molecule has 2 aliphatic rings. The van der Waals surface area contributed by atoms with E-state index < -0.39 is 10.0 Å². The Bertz CT molecular complexity index is 1180. The summed E-state index contributed by atoms with van der Waals surface area (Å²) in [5, 5.41) is 4.06. The van der Waals surface area contributed by atoms with Gasteiger partial charge in [-0.2, -0.15) is 11.3 Å². The Morgan fingerprint density at radius 2 is 1.93 bits per heavy atom. The van der Waals surface area contributed by atoms with E-state index in [1.54, 1.807) is 29.5 Å². The normalized spacial score (nSPS) is 15.8. The molecule has 1 amide bonds. The lowest BCUT2D eigenvalue weighted by atomic mass is 10.2. The monoisotopic (exact) mass is 438 g/mol. The fraction of sp³-hybridized carbons (Fsp3) is 0.261. The zero-order chi connectivity index (χ0) is 20.7. The maximum Gasteiger partial charge on any atom is 0.264 e. The second-order valence-corrected chi connectivity index (χ2v) is 10.4.